The third kappa shape index (κ3) is 4.09. The summed E-state index contributed by atoms with van der Waals surface area (Å²) in [5.74, 6) is 0. The molecule has 0 bridgehead atoms. The van der Waals surface area contributed by atoms with Gasteiger partial charge in [-0.1, -0.05) is 48.0 Å². The number of hydrogen-bond donors (Lipinski definition) is 1. The van der Waals surface area contributed by atoms with Gasteiger partial charge < -0.3 is 5.32 Å². The molecule has 1 N–H and O–H groups in total. The van der Waals surface area contributed by atoms with Gasteiger partial charge in [-0.3, -0.25) is 0 Å². The second kappa shape index (κ2) is 8.14. The zero-order valence-electron chi connectivity index (χ0n) is 14.4. The first-order valence-electron chi connectivity index (χ1n) is 8.01. The van der Waals surface area contributed by atoms with Gasteiger partial charge in [-0.05, 0) is 36.4 Å². The van der Waals surface area contributed by atoms with Crippen LogP contribution in [0.2, 0.25) is 5.15 Å². The predicted octanol–water partition coefficient (Wildman–Crippen LogP) is 3.89. The van der Waals surface area contributed by atoms with E-state index in [-0.39, 0.29) is 20.6 Å². The SMILES string of the molecule is O=S(=O)(C(=CNc1cccnc1Cl)S(=O)(=O)c1ccccc1)c1ccccc1. The summed E-state index contributed by atoms with van der Waals surface area (Å²) in [7, 11) is -8.69. The molecule has 0 aliphatic carbocycles. The van der Waals surface area contributed by atoms with E-state index in [1.54, 1.807) is 24.3 Å². The van der Waals surface area contributed by atoms with Gasteiger partial charge in [0.2, 0.25) is 19.7 Å². The summed E-state index contributed by atoms with van der Waals surface area (Å²) in [6, 6.07) is 17.8. The molecule has 0 aliphatic rings. The summed E-state index contributed by atoms with van der Waals surface area (Å²) < 4.78 is 51.7. The average Bonchev–Trinajstić information content (AvgIpc) is 2.70. The molecule has 3 rings (SSSR count). The van der Waals surface area contributed by atoms with E-state index >= 15 is 0 Å². The highest BCUT2D eigenvalue weighted by molar-refractivity contribution is 8.14. The molecule has 0 saturated heterocycles. The number of benzene rings is 2. The molecule has 6 nitrogen and oxygen atoms in total. The van der Waals surface area contributed by atoms with E-state index in [9.17, 15) is 16.8 Å². The van der Waals surface area contributed by atoms with Crippen molar-refractivity contribution in [1.29, 1.82) is 0 Å². The smallest absolute Gasteiger partial charge is 0.219 e. The summed E-state index contributed by atoms with van der Waals surface area (Å²) >= 11 is 5.97. The Bertz CT molecular complexity index is 1140. The molecule has 1 aromatic heterocycles. The minimum absolute atomic E-state index is 0.0762. The number of rotatable bonds is 6. The summed E-state index contributed by atoms with van der Waals surface area (Å²) in [6.45, 7) is 0. The van der Waals surface area contributed by atoms with Crippen molar-refractivity contribution in [1.82, 2.24) is 4.98 Å². The fraction of sp³-hybridized carbons (Fsp3) is 0. The van der Waals surface area contributed by atoms with Crippen molar-refractivity contribution in [3.63, 3.8) is 0 Å². The number of nitrogens with zero attached hydrogens (tertiary/aromatic N) is 1. The molecule has 0 aliphatic heterocycles. The Morgan fingerprint density at radius 1 is 0.786 bits per heavy atom. The third-order valence-corrected chi connectivity index (χ3v) is 8.44. The summed E-state index contributed by atoms with van der Waals surface area (Å²) in [6.07, 6.45) is 2.38. The van der Waals surface area contributed by atoms with Gasteiger partial charge in [-0.2, -0.15) is 0 Å². The Kier molecular flexibility index (Phi) is 5.83. The van der Waals surface area contributed by atoms with Crippen LogP contribution < -0.4 is 5.32 Å². The lowest BCUT2D eigenvalue weighted by atomic mass is 10.4. The lowest BCUT2D eigenvalue weighted by Crippen LogP contribution is -2.16. The number of nitrogens with one attached hydrogen (secondary N) is 1. The second-order valence-corrected chi connectivity index (χ2v) is 10.0. The van der Waals surface area contributed by atoms with Crippen molar-refractivity contribution in [3.8, 4) is 0 Å². The van der Waals surface area contributed by atoms with Crippen molar-refractivity contribution < 1.29 is 16.8 Å². The number of hydrogen-bond acceptors (Lipinski definition) is 6. The number of halogens is 1. The van der Waals surface area contributed by atoms with Crippen LogP contribution in [0.25, 0.3) is 0 Å². The Hall–Kier alpha value is -2.68. The Labute approximate surface area is 168 Å². The van der Waals surface area contributed by atoms with Gasteiger partial charge in [0.1, 0.15) is 0 Å². The molecule has 0 radical (unpaired) electrons. The van der Waals surface area contributed by atoms with Crippen LogP contribution in [0.3, 0.4) is 0 Å². The van der Waals surface area contributed by atoms with Crippen LogP contribution in [-0.4, -0.2) is 21.8 Å². The molecule has 0 fully saturated rings. The van der Waals surface area contributed by atoms with Crippen molar-refractivity contribution in [2.24, 2.45) is 0 Å². The minimum atomic E-state index is -4.34. The van der Waals surface area contributed by atoms with E-state index < -0.39 is 23.9 Å². The zero-order chi connectivity index (χ0) is 20.2. The van der Waals surface area contributed by atoms with E-state index in [2.05, 4.69) is 10.3 Å². The highest BCUT2D eigenvalue weighted by Gasteiger charge is 2.33. The lowest BCUT2D eigenvalue weighted by Gasteiger charge is -2.12. The largest absolute Gasteiger partial charge is 0.357 e. The molecule has 2 aromatic carbocycles. The normalized spacial score (nSPS) is 11.6. The number of aromatic nitrogens is 1. The molecular formula is C19H15ClN2O4S2. The standard InChI is InChI=1S/C19H15ClN2O4S2/c20-19-17(12-7-13-21-19)22-14-18(27(23,24)15-8-3-1-4-9-15)28(25,26)16-10-5-2-6-11-16/h1-14,22H. The van der Waals surface area contributed by atoms with Crippen LogP contribution in [0.4, 0.5) is 5.69 Å². The topological polar surface area (TPSA) is 93.2 Å². The van der Waals surface area contributed by atoms with Gasteiger partial charge in [0.25, 0.3) is 0 Å². The second-order valence-electron chi connectivity index (χ2n) is 5.58. The van der Waals surface area contributed by atoms with Gasteiger partial charge >= 0.3 is 0 Å². The average molecular weight is 435 g/mol. The van der Waals surface area contributed by atoms with E-state index in [1.807, 2.05) is 0 Å². The van der Waals surface area contributed by atoms with Crippen LogP contribution >= 0.6 is 11.6 Å². The molecule has 0 saturated carbocycles. The number of pyridine rings is 1. The highest BCUT2D eigenvalue weighted by atomic mass is 35.5. The van der Waals surface area contributed by atoms with Crippen molar-refractivity contribution in [2.75, 3.05) is 5.32 Å². The summed E-state index contributed by atoms with van der Waals surface area (Å²) in [4.78, 5) is 3.59. The van der Waals surface area contributed by atoms with Gasteiger partial charge in [0.05, 0.1) is 15.5 Å². The molecule has 0 atom stereocenters. The van der Waals surface area contributed by atoms with Crippen molar-refractivity contribution in [2.45, 2.75) is 9.79 Å². The fourth-order valence-electron chi connectivity index (χ4n) is 2.36. The molecule has 1 heterocycles. The lowest BCUT2D eigenvalue weighted by molar-refractivity contribution is 0.595. The molecule has 0 unspecified atom stereocenters. The maximum absolute atomic E-state index is 13.1. The van der Waals surface area contributed by atoms with E-state index in [0.29, 0.717) is 0 Å². The summed E-state index contributed by atoms with van der Waals surface area (Å²) in [5.41, 5.74) is 0.271. The molecule has 3 aromatic rings. The van der Waals surface area contributed by atoms with E-state index in [4.69, 9.17) is 11.6 Å². The van der Waals surface area contributed by atoms with Gasteiger partial charge in [0.15, 0.2) is 9.39 Å². The molecular weight excluding hydrogens is 420 g/mol. The van der Waals surface area contributed by atoms with E-state index in [1.165, 1.54) is 54.7 Å². The van der Waals surface area contributed by atoms with Crippen LogP contribution in [0.5, 0.6) is 0 Å². The molecule has 0 amide bonds. The zero-order valence-corrected chi connectivity index (χ0v) is 16.7. The van der Waals surface area contributed by atoms with Gasteiger partial charge in [-0.15, -0.1) is 0 Å². The number of anilines is 1. The van der Waals surface area contributed by atoms with Crippen LogP contribution in [-0.2, 0) is 19.7 Å². The number of sulfone groups is 2. The predicted molar refractivity (Wildman–Crippen MR) is 108 cm³/mol. The fourth-order valence-corrected chi connectivity index (χ4v) is 6.19. The first-order valence-corrected chi connectivity index (χ1v) is 11.4. The van der Waals surface area contributed by atoms with E-state index in [0.717, 1.165) is 6.20 Å². The maximum Gasteiger partial charge on any atom is 0.219 e. The maximum atomic E-state index is 13.1. The van der Waals surface area contributed by atoms with Gasteiger partial charge in [0, 0.05) is 12.4 Å². The molecule has 9 heteroatoms. The Balaban J connectivity index is 2.17. The van der Waals surface area contributed by atoms with Gasteiger partial charge in [-0.25, -0.2) is 21.8 Å². The first-order chi connectivity index (χ1) is 13.3. The minimum Gasteiger partial charge on any atom is -0.357 e. The third-order valence-electron chi connectivity index (χ3n) is 3.74. The van der Waals surface area contributed by atoms with Crippen molar-refractivity contribution in [3.05, 3.63) is 94.6 Å². The quantitative estimate of drug-likeness (QED) is 0.591. The van der Waals surface area contributed by atoms with Crippen LogP contribution in [0.1, 0.15) is 0 Å². The Morgan fingerprint density at radius 3 is 1.75 bits per heavy atom. The first kappa shape index (κ1) is 20.1. The molecule has 0 spiro atoms. The van der Waals surface area contributed by atoms with Crippen LogP contribution in [0, 0.1) is 0 Å². The highest BCUT2D eigenvalue weighted by Crippen LogP contribution is 2.29. The molecule has 144 valence electrons. The Morgan fingerprint density at radius 2 is 1.29 bits per heavy atom. The monoisotopic (exact) mass is 434 g/mol. The van der Waals surface area contributed by atoms with Crippen LogP contribution in [0.15, 0.2) is 99.2 Å². The van der Waals surface area contributed by atoms with Crippen molar-refractivity contribution >= 4 is 37.0 Å². The molecule has 28 heavy (non-hydrogen) atoms. The summed E-state index contributed by atoms with van der Waals surface area (Å²) in [5, 5.41) is 2.73.